The predicted octanol–water partition coefficient (Wildman–Crippen LogP) is 2.97. The van der Waals surface area contributed by atoms with E-state index >= 15 is 0 Å². The Hall–Kier alpha value is -0.123. The summed E-state index contributed by atoms with van der Waals surface area (Å²) in [5.41, 5.74) is 1.48. The second-order valence-corrected chi connectivity index (χ2v) is 7.19. The second kappa shape index (κ2) is 10.8. The highest BCUT2D eigenvalue weighted by Gasteiger charge is 2.21. The Morgan fingerprint density at radius 2 is 1.39 bits per heavy atom. The van der Waals surface area contributed by atoms with E-state index in [0.29, 0.717) is 6.17 Å². The lowest BCUT2D eigenvalue weighted by Crippen LogP contribution is -2.48. The average Bonchev–Trinajstić information content (AvgIpc) is 2.39. The van der Waals surface area contributed by atoms with Gasteiger partial charge in [0, 0.05) is 9.52 Å². The van der Waals surface area contributed by atoms with Crippen LogP contribution in [0.25, 0.3) is 0 Å². The summed E-state index contributed by atoms with van der Waals surface area (Å²) in [6.45, 7) is 20.2. The van der Waals surface area contributed by atoms with E-state index < -0.39 is 0 Å². The van der Waals surface area contributed by atoms with Gasteiger partial charge in [0.15, 0.2) is 0 Å². The highest BCUT2D eigenvalue weighted by molar-refractivity contribution is 6.36. The summed E-state index contributed by atoms with van der Waals surface area (Å²) in [5.74, 6) is 0. The molecule has 0 aromatic heterocycles. The van der Waals surface area contributed by atoms with Gasteiger partial charge in [0.05, 0.1) is 6.17 Å². The minimum Gasteiger partial charge on any atom is -0.288 e. The fraction of sp³-hybridized carbons (Fsp3) is 0.867. The topological polar surface area (TPSA) is 6.48 Å². The van der Waals surface area contributed by atoms with Crippen molar-refractivity contribution in [3.8, 4) is 0 Å². The molecule has 18 heavy (non-hydrogen) atoms. The largest absolute Gasteiger partial charge is 0.288 e. The van der Waals surface area contributed by atoms with Crippen molar-refractivity contribution in [3.05, 3.63) is 12.2 Å². The predicted molar refractivity (Wildman–Crippen MR) is 87.2 cm³/mol. The molecule has 108 valence electrons. The van der Waals surface area contributed by atoms with Gasteiger partial charge >= 0.3 is 0 Å². The minimum atomic E-state index is 0.120. The molecule has 0 atom stereocenters. The van der Waals surface area contributed by atoms with E-state index in [9.17, 15) is 0 Å². The third kappa shape index (κ3) is 6.16. The molecule has 2 nitrogen and oxygen atoms in total. The Balaban J connectivity index is 4.59. The van der Waals surface area contributed by atoms with Gasteiger partial charge < -0.3 is 0 Å². The summed E-state index contributed by atoms with van der Waals surface area (Å²) >= 11 is 0. The quantitative estimate of drug-likeness (QED) is 0.323. The number of rotatable bonds is 11. The van der Waals surface area contributed by atoms with Crippen LogP contribution in [0.2, 0.25) is 12.1 Å². The van der Waals surface area contributed by atoms with E-state index in [4.69, 9.17) is 0 Å². The molecule has 0 aliphatic carbocycles. The van der Waals surface area contributed by atoms with Gasteiger partial charge in [-0.25, -0.2) is 0 Å². The molecular weight excluding hydrogens is 236 g/mol. The number of hydrogen-bond acceptors (Lipinski definition) is 2. The molecule has 0 aromatic carbocycles. The van der Waals surface area contributed by atoms with Crippen LogP contribution in [0.3, 0.4) is 0 Å². The van der Waals surface area contributed by atoms with Crippen LogP contribution in [0.4, 0.5) is 0 Å². The smallest absolute Gasteiger partial charge is 0.0659 e. The molecule has 0 spiro atoms. The highest BCUT2D eigenvalue weighted by Crippen LogP contribution is 2.17. The molecule has 0 aliphatic heterocycles. The molecule has 0 amide bonds. The van der Waals surface area contributed by atoms with Crippen molar-refractivity contribution in [2.45, 2.75) is 59.3 Å². The van der Waals surface area contributed by atoms with Crippen LogP contribution in [-0.4, -0.2) is 51.7 Å². The van der Waals surface area contributed by atoms with E-state index in [1.165, 1.54) is 17.7 Å². The van der Waals surface area contributed by atoms with E-state index in [-0.39, 0.29) is 9.52 Å². The summed E-state index contributed by atoms with van der Waals surface area (Å²) < 4.78 is 0. The fourth-order valence-electron chi connectivity index (χ4n) is 2.57. The first-order valence-corrected chi connectivity index (χ1v) is 9.79. The summed E-state index contributed by atoms with van der Waals surface area (Å²) in [7, 11) is 0.120. The van der Waals surface area contributed by atoms with Gasteiger partial charge in [0.1, 0.15) is 0 Å². The van der Waals surface area contributed by atoms with Gasteiger partial charge in [0.2, 0.25) is 0 Å². The zero-order valence-electron chi connectivity index (χ0n) is 13.3. The van der Waals surface area contributed by atoms with Crippen LogP contribution in [-0.2, 0) is 0 Å². The van der Waals surface area contributed by atoms with Crippen LogP contribution in [0.5, 0.6) is 0 Å². The average molecular weight is 271 g/mol. The first kappa shape index (κ1) is 17.9. The van der Waals surface area contributed by atoms with Crippen LogP contribution >= 0.6 is 0 Å². The van der Waals surface area contributed by atoms with Crippen molar-refractivity contribution in [3.63, 3.8) is 0 Å². The maximum atomic E-state index is 4.32. The normalized spacial score (nSPS) is 12.4. The molecule has 0 saturated heterocycles. The van der Waals surface area contributed by atoms with Gasteiger partial charge in [-0.1, -0.05) is 46.2 Å². The van der Waals surface area contributed by atoms with Crippen LogP contribution in [0, 0.1) is 0 Å². The van der Waals surface area contributed by atoms with E-state index in [1.807, 2.05) is 0 Å². The maximum absolute atomic E-state index is 4.32. The summed E-state index contributed by atoms with van der Waals surface area (Å²) in [6, 6.07) is 2.73. The van der Waals surface area contributed by atoms with Crippen molar-refractivity contribution >= 4 is 9.52 Å². The maximum Gasteiger partial charge on any atom is 0.0659 e. The molecule has 0 bridgehead atoms. The standard InChI is InChI=1S/C15H34N2Si/c1-7-16(8-2)15(17(9-3)10-4)12-14(6)13-18-11-5/h15H,6-13,18H2,1-5H3. The number of nitrogens with zero attached hydrogens (tertiary/aromatic N) is 2. The third-order valence-corrected chi connectivity index (χ3v) is 5.59. The van der Waals surface area contributed by atoms with Crippen molar-refractivity contribution in [2.24, 2.45) is 0 Å². The monoisotopic (exact) mass is 270 g/mol. The molecule has 0 fully saturated rings. The van der Waals surface area contributed by atoms with Gasteiger partial charge in [-0.15, -0.1) is 6.58 Å². The fourth-order valence-corrected chi connectivity index (χ4v) is 3.62. The molecule has 0 heterocycles. The van der Waals surface area contributed by atoms with Gasteiger partial charge in [0.25, 0.3) is 0 Å². The molecule has 0 N–H and O–H groups in total. The first-order valence-electron chi connectivity index (χ1n) is 7.79. The molecule has 3 heteroatoms. The van der Waals surface area contributed by atoms with Crippen molar-refractivity contribution in [1.82, 2.24) is 9.80 Å². The van der Waals surface area contributed by atoms with Crippen molar-refractivity contribution < 1.29 is 0 Å². The van der Waals surface area contributed by atoms with Gasteiger partial charge in [-0.05, 0) is 38.6 Å². The summed E-state index contributed by atoms with van der Waals surface area (Å²) in [5, 5.41) is 0. The molecule has 0 radical (unpaired) electrons. The van der Waals surface area contributed by atoms with Crippen LogP contribution < -0.4 is 0 Å². The molecule has 0 unspecified atom stereocenters. The molecule has 0 aliphatic rings. The van der Waals surface area contributed by atoms with E-state index in [2.05, 4.69) is 51.0 Å². The summed E-state index contributed by atoms with van der Waals surface area (Å²) in [6.07, 6.45) is 1.73. The summed E-state index contributed by atoms with van der Waals surface area (Å²) in [4.78, 5) is 5.15. The second-order valence-electron chi connectivity index (χ2n) is 4.98. The Morgan fingerprint density at radius 1 is 0.944 bits per heavy atom. The van der Waals surface area contributed by atoms with Crippen molar-refractivity contribution in [1.29, 1.82) is 0 Å². The zero-order chi connectivity index (χ0) is 14.0. The first-order chi connectivity index (χ1) is 8.64. The van der Waals surface area contributed by atoms with Crippen LogP contribution in [0.1, 0.15) is 41.0 Å². The Kier molecular flexibility index (Phi) is 10.7. The molecule has 0 saturated carbocycles. The molecular formula is C15H34N2Si. The molecule has 0 rings (SSSR count). The van der Waals surface area contributed by atoms with Crippen LogP contribution in [0.15, 0.2) is 12.2 Å². The Bertz CT molecular complexity index is 199. The lowest BCUT2D eigenvalue weighted by molar-refractivity contribution is 0.0571. The lowest BCUT2D eigenvalue weighted by atomic mass is 10.1. The minimum absolute atomic E-state index is 0.120. The SMILES string of the molecule is C=C(C[SiH2]CC)CC(N(CC)CC)N(CC)CC. The van der Waals surface area contributed by atoms with E-state index in [1.54, 1.807) is 0 Å². The lowest BCUT2D eigenvalue weighted by Gasteiger charge is -2.38. The molecule has 0 aromatic rings. The third-order valence-electron chi connectivity index (χ3n) is 3.82. The highest BCUT2D eigenvalue weighted by atomic mass is 28.2. The zero-order valence-corrected chi connectivity index (χ0v) is 14.7. The van der Waals surface area contributed by atoms with Gasteiger partial charge in [-0.3, -0.25) is 9.80 Å². The Labute approximate surface area is 117 Å². The van der Waals surface area contributed by atoms with E-state index in [0.717, 1.165) is 32.6 Å². The van der Waals surface area contributed by atoms with Gasteiger partial charge in [-0.2, -0.15) is 0 Å². The number of hydrogen-bond donors (Lipinski definition) is 0. The van der Waals surface area contributed by atoms with Crippen molar-refractivity contribution in [2.75, 3.05) is 26.2 Å². The Morgan fingerprint density at radius 3 is 1.72 bits per heavy atom.